The summed E-state index contributed by atoms with van der Waals surface area (Å²) in [5.74, 6) is 0.309. The Morgan fingerprint density at radius 2 is 2.29 bits per heavy atom. The first kappa shape index (κ1) is 9.66. The van der Waals surface area contributed by atoms with Gasteiger partial charge in [0.15, 0.2) is 0 Å². The Morgan fingerprint density at radius 3 is 3.00 bits per heavy atom. The van der Waals surface area contributed by atoms with Crippen molar-refractivity contribution in [1.29, 1.82) is 0 Å². The van der Waals surface area contributed by atoms with Gasteiger partial charge in [-0.25, -0.2) is 4.39 Å². The second-order valence-electron chi connectivity index (χ2n) is 4.04. The zero-order chi connectivity index (χ0) is 10.1. The fourth-order valence-electron chi connectivity index (χ4n) is 2.37. The lowest BCUT2D eigenvalue weighted by Gasteiger charge is -2.19. The molecule has 2 unspecified atom stereocenters. The summed E-state index contributed by atoms with van der Waals surface area (Å²) in [7, 11) is 1.93. The van der Waals surface area contributed by atoms with Crippen LogP contribution in [0, 0.1) is 5.82 Å². The van der Waals surface area contributed by atoms with Crippen LogP contribution in [-0.2, 0) is 6.42 Å². The van der Waals surface area contributed by atoms with Gasteiger partial charge in [-0.1, -0.05) is 12.1 Å². The van der Waals surface area contributed by atoms with Gasteiger partial charge in [0.05, 0.1) is 0 Å². The molecule has 1 aromatic carbocycles. The Labute approximate surface area is 84.3 Å². The third-order valence-electron chi connectivity index (χ3n) is 3.30. The maximum atomic E-state index is 13.6. The molecule has 1 nitrogen and oxygen atoms in total. The van der Waals surface area contributed by atoms with Crippen LogP contribution >= 0.6 is 0 Å². The Kier molecular flexibility index (Phi) is 2.55. The average molecular weight is 193 g/mol. The quantitative estimate of drug-likeness (QED) is 0.760. The molecule has 1 N–H and O–H groups in total. The van der Waals surface area contributed by atoms with Crippen LogP contribution in [-0.4, -0.2) is 13.1 Å². The van der Waals surface area contributed by atoms with Crippen molar-refractivity contribution in [2.24, 2.45) is 0 Å². The van der Waals surface area contributed by atoms with Crippen LogP contribution in [0.15, 0.2) is 18.2 Å². The van der Waals surface area contributed by atoms with Crippen LogP contribution in [0.2, 0.25) is 0 Å². The number of fused-ring (bicyclic) bond motifs is 1. The number of hydrogen-bond acceptors (Lipinski definition) is 1. The van der Waals surface area contributed by atoms with E-state index in [1.165, 1.54) is 5.56 Å². The summed E-state index contributed by atoms with van der Waals surface area (Å²) < 4.78 is 13.6. The SMILES string of the molecule is CNC(C)C1CCc2cccc(F)c21. The second-order valence-corrected chi connectivity index (χ2v) is 4.04. The highest BCUT2D eigenvalue weighted by atomic mass is 19.1. The molecule has 14 heavy (non-hydrogen) atoms. The number of rotatable bonds is 2. The summed E-state index contributed by atoms with van der Waals surface area (Å²) in [6.07, 6.45) is 2.09. The van der Waals surface area contributed by atoms with E-state index in [2.05, 4.69) is 12.2 Å². The largest absolute Gasteiger partial charge is 0.317 e. The summed E-state index contributed by atoms with van der Waals surface area (Å²) in [5, 5.41) is 3.21. The first-order valence-electron chi connectivity index (χ1n) is 5.18. The fraction of sp³-hybridized carbons (Fsp3) is 0.500. The van der Waals surface area contributed by atoms with Crippen molar-refractivity contribution >= 4 is 0 Å². The Morgan fingerprint density at radius 1 is 1.50 bits per heavy atom. The minimum Gasteiger partial charge on any atom is -0.317 e. The predicted octanol–water partition coefficient (Wildman–Crippen LogP) is 2.46. The Bertz CT molecular complexity index is 335. The third-order valence-corrected chi connectivity index (χ3v) is 3.30. The molecule has 76 valence electrons. The van der Waals surface area contributed by atoms with E-state index < -0.39 is 0 Å². The molecule has 2 rings (SSSR count). The first-order chi connectivity index (χ1) is 6.74. The van der Waals surface area contributed by atoms with E-state index in [0.717, 1.165) is 18.4 Å². The second kappa shape index (κ2) is 3.70. The van der Waals surface area contributed by atoms with Gasteiger partial charge in [0.1, 0.15) is 5.82 Å². The molecule has 0 fully saturated rings. The highest BCUT2D eigenvalue weighted by Gasteiger charge is 2.28. The topological polar surface area (TPSA) is 12.0 Å². The molecule has 0 saturated heterocycles. The lowest BCUT2D eigenvalue weighted by Crippen LogP contribution is -2.28. The van der Waals surface area contributed by atoms with Gasteiger partial charge in [-0.15, -0.1) is 0 Å². The van der Waals surface area contributed by atoms with Crippen molar-refractivity contribution in [1.82, 2.24) is 5.32 Å². The van der Waals surface area contributed by atoms with Gasteiger partial charge in [-0.2, -0.15) is 0 Å². The van der Waals surface area contributed by atoms with Gasteiger partial charge < -0.3 is 5.32 Å². The van der Waals surface area contributed by atoms with Crippen molar-refractivity contribution < 1.29 is 4.39 Å². The smallest absolute Gasteiger partial charge is 0.127 e. The number of nitrogens with one attached hydrogen (secondary N) is 1. The zero-order valence-corrected chi connectivity index (χ0v) is 8.68. The van der Waals surface area contributed by atoms with Gasteiger partial charge >= 0.3 is 0 Å². The van der Waals surface area contributed by atoms with Crippen LogP contribution < -0.4 is 5.32 Å². The molecule has 2 heteroatoms. The fourth-order valence-corrected chi connectivity index (χ4v) is 2.37. The molecule has 0 aromatic heterocycles. The molecule has 1 aliphatic carbocycles. The molecule has 1 aromatic rings. The van der Waals surface area contributed by atoms with Crippen LogP contribution in [0.1, 0.15) is 30.4 Å². The summed E-state index contributed by atoms with van der Waals surface area (Å²) in [5.41, 5.74) is 2.13. The first-order valence-corrected chi connectivity index (χ1v) is 5.18. The predicted molar refractivity (Wildman–Crippen MR) is 56.0 cm³/mol. The number of likely N-dealkylation sites (N-methyl/N-ethyl adjacent to an activating group) is 1. The van der Waals surface area contributed by atoms with E-state index >= 15 is 0 Å². The third kappa shape index (κ3) is 1.44. The van der Waals surface area contributed by atoms with Crippen molar-refractivity contribution in [2.45, 2.75) is 31.7 Å². The molecule has 0 radical (unpaired) electrons. The van der Waals surface area contributed by atoms with Crippen LogP contribution in [0.3, 0.4) is 0 Å². The standard InChI is InChI=1S/C12H16FN/c1-8(14-2)10-7-6-9-4-3-5-11(13)12(9)10/h3-5,8,10,14H,6-7H2,1-2H3. The zero-order valence-electron chi connectivity index (χ0n) is 8.68. The van der Waals surface area contributed by atoms with Gasteiger partial charge in [-0.05, 0) is 44.0 Å². The van der Waals surface area contributed by atoms with Gasteiger partial charge in [-0.3, -0.25) is 0 Å². The molecule has 1 aliphatic rings. The Hall–Kier alpha value is -0.890. The number of benzene rings is 1. The van der Waals surface area contributed by atoms with Gasteiger partial charge in [0.2, 0.25) is 0 Å². The molecule has 2 atom stereocenters. The molecular formula is C12H16FN. The molecule has 0 spiro atoms. The normalized spacial score (nSPS) is 22.1. The summed E-state index contributed by atoms with van der Waals surface area (Å²) in [6.45, 7) is 2.12. The molecule has 0 bridgehead atoms. The van der Waals surface area contributed by atoms with Crippen LogP contribution in [0.5, 0.6) is 0 Å². The summed E-state index contributed by atoms with van der Waals surface area (Å²) in [4.78, 5) is 0. The molecule has 0 amide bonds. The Balaban J connectivity index is 2.38. The van der Waals surface area contributed by atoms with E-state index in [1.807, 2.05) is 13.1 Å². The number of hydrogen-bond donors (Lipinski definition) is 1. The van der Waals surface area contributed by atoms with E-state index in [0.29, 0.717) is 12.0 Å². The average Bonchev–Trinajstić information content (AvgIpc) is 2.62. The lowest BCUT2D eigenvalue weighted by atomic mass is 9.94. The maximum Gasteiger partial charge on any atom is 0.127 e. The molecule has 0 saturated carbocycles. The summed E-state index contributed by atoms with van der Waals surface area (Å²) in [6, 6.07) is 5.77. The van der Waals surface area contributed by atoms with Crippen molar-refractivity contribution in [2.75, 3.05) is 7.05 Å². The highest BCUT2D eigenvalue weighted by Crippen LogP contribution is 2.36. The van der Waals surface area contributed by atoms with E-state index in [9.17, 15) is 4.39 Å². The highest BCUT2D eigenvalue weighted by molar-refractivity contribution is 5.37. The van der Waals surface area contributed by atoms with Crippen molar-refractivity contribution in [3.63, 3.8) is 0 Å². The van der Waals surface area contributed by atoms with Crippen LogP contribution in [0.4, 0.5) is 4.39 Å². The maximum absolute atomic E-state index is 13.6. The van der Waals surface area contributed by atoms with Crippen molar-refractivity contribution in [3.05, 3.63) is 35.1 Å². The summed E-state index contributed by atoms with van der Waals surface area (Å²) >= 11 is 0. The van der Waals surface area contributed by atoms with Gasteiger partial charge in [0.25, 0.3) is 0 Å². The van der Waals surface area contributed by atoms with Crippen molar-refractivity contribution in [3.8, 4) is 0 Å². The van der Waals surface area contributed by atoms with E-state index in [1.54, 1.807) is 12.1 Å². The van der Waals surface area contributed by atoms with Gasteiger partial charge in [0, 0.05) is 12.0 Å². The lowest BCUT2D eigenvalue weighted by molar-refractivity contribution is 0.474. The van der Waals surface area contributed by atoms with E-state index in [-0.39, 0.29) is 5.82 Å². The molecular weight excluding hydrogens is 177 g/mol. The monoisotopic (exact) mass is 193 g/mol. The number of halogens is 1. The minimum absolute atomic E-state index is 0.0351. The minimum atomic E-state index is -0.0351. The van der Waals surface area contributed by atoms with E-state index in [4.69, 9.17) is 0 Å². The van der Waals surface area contributed by atoms with Crippen LogP contribution in [0.25, 0.3) is 0 Å². The molecule has 0 heterocycles. The number of aryl methyl sites for hydroxylation is 1. The molecule has 0 aliphatic heterocycles.